The van der Waals surface area contributed by atoms with Crippen molar-refractivity contribution in [3.63, 3.8) is 0 Å². The van der Waals surface area contributed by atoms with Crippen molar-refractivity contribution in [1.82, 2.24) is 4.31 Å². The van der Waals surface area contributed by atoms with Crippen molar-refractivity contribution in [2.45, 2.75) is 36.9 Å². The van der Waals surface area contributed by atoms with E-state index in [4.69, 9.17) is 5.73 Å². The van der Waals surface area contributed by atoms with E-state index in [9.17, 15) is 8.42 Å². The van der Waals surface area contributed by atoms with E-state index in [2.05, 4.69) is 6.92 Å². The zero-order valence-electron chi connectivity index (χ0n) is 10.6. The van der Waals surface area contributed by atoms with Crippen molar-refractivity contribution < 1.29 is 8.42 Å². The van der Waals surface area contributed by atoms with Crippen LogP contribution in [0.4, 0.5) is 0 Å². The molecule has 0 aromatic carbocycles. The molecule has 0 radical (unpaired) electrons. The molecule has 2 rings (SSSR count). The van der Waals surface area contributed by atoms with Crippen LogP contribution in [0.25, 0.3) is 0 Å². The summed E-state index contributed by atoms with van der Waals surface area (Å²) in [5.41, 5.74) is 6.41. The highest BCUT2D eigenvalue weighted by atomic mass is 32.2. The van der Waals surface area contributed by atoms with Crippen molar-refractivity contribution in [1.29, 1.82) is 0 Å². The van der Waals surface area contributed by atoms with E-state index in [0.717, 1.165) is 24.8 Å². The summed E-state index contributed by atoms with van der Waals surface area (Å²) < 4.78 is 26.9. The SMILES string of the molecule is CCCC1CCN(S(=O)(=O)c2cc(CN)cs2)C1. The first-order valence-corrected chi connectivity index (χ1v) is 8.67. The molecule has 6 heteroatoms. The number of hydrogen-bond donors (Lipinski definition) is 1. The molecule has 2 heterocycles. The molecule has 18 heavy (non-hydrogen) atoms. The molecule has 0 saturated carbocycles. The normalized spacial score (nSPS) is 21.6. The number of nitrogens with two attached hydrogens (primary N) is 1. The molecule has 1 saturated heterocycles. The van der Waals surface area contributed by atoms with Crippen LogP contribution in [0.1, 0.15) is 31.7 Å². The molecule has 0 amide bonds. The topological polar surface area (TPSA) is 63.4 Å². The van der Waals surface area contributed by atoms with Gasteiger partial charge in [-0.05, 0) is 35.8 Å². The highest BCUT2D eigenvalue weighted by Gasteiger charge is 2.32. The van der Waals surface area contributed by atoms with Gasteiger partial charge in [-0.25, -0.2) is 8.42 Å². The summed E-state index contributed by atoms with van der Waals surface area (Å²) in [5.74, 6) is 0.527. The second kappa shape index (κ2) is 5.69. The monoisotopic (exact) mass is 288 g/mol. The molecule has 0 aliphatic carbocycles. The molecular weight excluding hydrogens is 268 g/mol. The van der Waals surface area contributed by atoms with Crippen LogP contribution in [0.5, 0.6) is 0 Å². The molecule has 0 bridgehead atoms. The first-order chi connectivity index (χ1) is 8.57. The molecule has 102 valence electrons. The Morgan fingerprint density at radius 1 is 1.56 bits per heavy atom. The highest BCUT2D eigenvalue weighted by Crippen LogP contribution is 2.29. The Bertz CT molecular complexity index is 496. The predicted molar refractivity (Wildman–Crippen MR) is 74.0 cm³/mol. The minimum atomic E-state index is -3.28. The third-order valence-electron chi connectivity index (χ3n) is 3.41. The maximum atomic E-state index is 12.4. The zero-order valence-corrected chi connectivity index (χ0v) is 12.3. The minimum Gasteiger partial charge on any atom is -0.326 e. The van der Waals surface area contributed by atoms with Gasteiger partial charge in [-0.1, -0.05) is 13.3 Å². The molecule has 4 nitrogen and oxygen atoms in total. The lowest BCUT2D eigenvalue weighted by Crippen LogP contribution is -2.28. The Labute approximate surface area is 113 Å². The summed E-state index contributed by atoms with van der Waals surface area (Å²) in [4.78, 5) is 0. The number of nitrogens with zero attached hydrogens (tertiary/aromatic N) is 1. The molecule has 1 fully saturated rings. The molecule has 0 spiro atoms. The van der Waals surface area contributed by atoms with Gasteiger partial charge in [0.05, 0.1) is 0 Å². The molecule has 1 aromatic rings. The fraction of sp³-hybridized carbons (Fsp3) is 0.667. The van der Waals surface area contributed by atoms with Crippen LogP contribution in [0.3, 0.4) is 0 Å². The molecule has 1 aromatic heterocycles. The number of sulfonamides is 1. The van der Waals surface area contributed by atoms with Gasteiger partial charge in [0.1, 0.15) is 4.21 Å². The fourth-order valence-electron chi connectivity index (χ4n) is 2.38. The lowest BCUT2D eigenvalue weighted by Gasteiger charge is -2.15. The van der Waals surface area contributed by atoms with Gasteiger partial charge in [0.2, 0.25) is 0 Å². The fourth-order valence-corrected chi connectivity index (χ4v) is 5.29. The Hall–Kier alpha value is -0.430. The largest absolute Gasteiger partial charge is 0.326 e. The molecule has 2 N–H and O–H groups in total. The number of hydrogen-bond acceptors (Lipinski definition) is 4. The van der Waals surface area contributed by atoms with Crippen LogP contribution in [-0.4, -0.2) is 25.8 Å². The van der Waals surface area contributed by atoms with Gasteiger partial charge in [-0.15, -0.1) is 11.3 Å². The van der Waals surface area contributed by atoms with Crippen LogP contribution in [0.15, 0.2) is 15.7 Å². The molecule has 1 unspecified atom stereocenters. The molecule has 1 aliphatic heterocycles. The smallest absolute Gasteiger partial charge is 0.252 e. The van der Waals surface area contributed by atoms with Crippen molar-refractivity contribution >= 4 is 21.4 Å². The summed E-state index contributed by atoms with van der Waals surface area (Å²) >= 11 is 1.27. The van der Waals surface area contributed by atoms with Crippen LogP contribution >= 0.6 is 11.3 Å². The summed E-state index contributed by atoms with van der Waals surface area (Å²) in [6.07, 6.45) is 3.22. The van der Waals surface area contributed by atoms with Gasteiger partial charge in [0, 0.05) is 19.6 Å². The van der Waals surface area contributed by atoms with Gasteiger partial charge >= 0.3 is 0 Å². The second-order valence-electron chi connectivity index (χ2n) is 4.78. The average Bonchev–Trinajstić information content (AvgIpc) is 2.98. The van der Waals surface area contributed by atoms with Crippen molar-refractivity contribution in [2.24, 2.45) is 11.7 Å². The predicted octanol–water partition coefficient (Wildman–Crippen LogP) is 2.02. The van der Waals surface area contributed by atoms with Gasteiger partial charge in [0.15, 0.2) is 0 Å². The quantitative estimate of drug-likeness (QED) is 0.901. The van der Waals surface area contributed by atoms with Crippen LogP contribution in [-0.2, 0) is 16.6 Å². The van der Waals surface area contributed by atoms with E-state index in [1.807, 2.05) is 5.38 Å². The Morgan fingerprint density at radius 3 is 2.94 bits per heavy atom. The summed E-state index contributed by atoms with van der Waals surface area (Å²) in [6, 6.07) is 1.70. The van der Waals surface area contributed by atoms with E-state index in [0.29, 0.717) is 29.8 Å². The molecule has 1 atom stereocenters. The third-order valence-corrected chi connectivity index (χ3v) is 6.73. The van der Waals surface area contributed by atoms with Crippen LogP contribution in [0.2, 0.25) is 0 Å². The van der Waals surface area contributed by atoms with E-state index in [-0.39, 0.29) is 0 Å². The Morgan fingerprint density at radius 2 is 2.33 bits per heavy atom. The van der Waals surface area contributed by atoms with E-state index < -0.39 is 10.0 Å². The Balaban J connectivity index is 2.12. The average molecular weight is 288 g/mol. The molecular formula is C12H20N2O2S2. The first kappa shape index (κ1) is 14.0. The lowest BCUT2D eigenvalue weighted by atomic mass is 10.0. The van der Waals surface area contributed by atoms with E-state index >= 15 is 0 Å². The van der Waals surface area contributed by atoms with E-state index in [1.165, 1.54) is 11.3 Å². The zero-order chi connectivity index (χ0) is 13.2. The molecule has 1 aliphatic rings. The minimum absolute atomic E-state index is 0.393. The van der Waals surface area contributed by atoms with Crippen molar-refractivity contribution in [2.75, 3.05) is 13.1 Å². The second-order valence-corrected chi connectivity index (χ2v) is 7.86. The number of thiophene rings is 1. The van der Waals surface area contributed by atoms with Gasteiger partial charge in [-0.3, -0.25) is 0 Å². The summed E-state index contributed by atoms with van der Waals surface area (Å²) in [6.45, 7) is 3.86. The van der Waals surface area contributed by atoms with Crippen molar-refractivity contribution in [3.8, 4) is 0 Å². The summed E-state index contributed by atoms with van der Waals surface area (Å²) in [7, 11) is -3.28. The highest BCUT2D eigenvalue weighted by molar-refractivity contribution is 7.91. The maximum absolute atomic E-state index is 12.4. The van der Waals surface area contributed by atoms with Crippen LogP contribution < -0.4 is 5.73 Å². The third kappa shape index (κ3) is 2.77. The Kier molecular flexibility index (Phi) is 4.42. The lowest BCUT2D eigenvalue weighted by molar-refractivity contribution is 0.446. The van der Waals surface area contributed by atoms with E-state index in [1.54, 1.807) is 10.4 Å². The maximum Gasteiger partial charge on any atom is 0.252 e. The standard InChI is InChI=1S/C12H20N2O2S2/c1-2-3-10-4-5-14(8-10)18(15,16)12-6-11(7-13)9-17-12/h6,9-10H,2-5,7-8,13H2,1H3. The first-order valence-electron chi connectivity index (χ1n) is 6.35. The van der Waals surface area contributed by atoms with Crippen molar-refractivity contribution in [3.05, 3.63) is 17.0 Å². The number of rotatable bonds is 5. The van der Waals surface area contributed by atoms with Gasteiger partial charge in [-0.2, -0.15) is 4.31 Å². The van der Waals surface area contributed by atoms with Gasteiger partial charge in [0.25, 0.3) is 10.0 Å². The van der Waals surface area contributed by atoms with Crippen LogP contribution in [0, 0.1) is 5.92 Å². The summed E-state index contributed by atoms with van der Waals surface area (Å²) in [5, 5.41) is 1.83. The van der Waals surface area contributed by atoms with Gasteiger partial charge < -0.3 is 5.73 Å².